The second-order valence-corrected chi connectivity index (χ2v) is 5.62. The summed E-state index contributed by atoms with van der Waals surface area (Å²) in [6, 6.07) is 3.33. The van der Waals surface area contributed by atoms with Crippen molar-refractivity contribution in [1.29, 1.82) is 0 Å². The first-order valence-corrected chi connectivity index (χ1v) is 8.46. The number of benzene rings is 1. The van der Waals surface area contributed by atoms with Crippen LogP contribution in [0.1, 0.15) is 31.9 Å². The van der Waals surface area contributed by atoms with Gasteiger partial charge in [-0.05, 0) is 38.3 Å². The van der Waals surface area contributed by atoms with Gasteiger partial charge >= 0.3 is 0 Å². The van der Waals surface area contributed by atoms with Crippen LogP contribution in [0.4, 0.5) is 8.78 Å². The first kappa shape index (κ1) is 21.4. The average molecular weight is 443 g/mol. The maximum atomic E-state index is 13.7. The predicted octanol–water partition coefficient (Wildman–Crippen LogP) is 3.95. The lowest BCUT2D eigenvalue weighted by atomic mass is 10.1. The third-order valence-electron chi connectivity index (χ3n) is 2.90. The molecule has 126 valence electrons. The van der Waals surface area contributed by atoms with E-state index in [2.05, 4.69) is 21.9 Å². The highest BCUT2D eigenvalue weighted by Crippen LogP contribution is 2.17. The second kappa shape index (κ2) is 11.9. The summed E-state index contributed by atoms with van der Waals surface area (Å²) in [7, 11) is 0. The van der Waals surface area contributed by atoms with Crippen LogP contribution in [0.15, 0.2) is 23.2 Å². The minimum absolute atomic E-state index is 0. The highest BCUT2D eigenvalue weighted by atomic mass is 127. The van der Waals surface area contributed by atoms with Crippen LogP contribution in [0.2, 0.25) is 0 Å². The summed E-state index contributed by atoms with van der Waals surface area (Å²) < 4.78 is 26.7. The third kappa shape index (κ3) is 7.62. The largest absolute Gasteiger partial charge is 0.357 e. The van der Waals surface area contributed by atoms with Crippen LogP contribution in [0.5, 0.6) is 0 Å². The van der Waals surface area contributed by atoms with E-state index in [-0.39, 0.29) is 30.0 Å². The molecule has 0 aromatic heterocycles. The summed E-state index contributed by atoms with van der Waals surface area (Å²) in [5.41, 5.74) is 0.422. The van der Waals surface area contributed by atoms with Crippen LogP contribution >= 0.6 is 35.7 Å². The lowest BCUT2D eigenvalue weighted by Crippen LogP contribution is -2.39. The zero-order chi connectivity index (χ0) is 15.7. The van der Waals surface area contributed by atoms with Crippen LogP contribution in [0.3, 0.4) is 0 Å². The molecule has 0 saturated carbocycles. The number of hydrogen-bond donors (Lipinski definition) is 2. The fraction of sp³-hybridized carbons (Fsp3) is 0.533. The van der Waals surface area contributed by atoms with Crippen molar-refractivity contribution in [2.75, 3.05) is 25.1 Å². The molecule has 0 heterocycles. The number of aliphatic imine (C=N–C) groups is 1. The molecule has 0 bridgehead atoms. The Morgan fingerprint density at radius 3 is 2.68 bits per heavy atom. The third-order valence-corrected chi connectivity index (χ3v) is 3.60. The van der Waals surface area contributed by atoms with Crippen molar-refractivity contribution < 1.29 is 8.78 Å². The van der Waals surface area contributed by atoms with Gasteiger partial charge in [-0.25, -0.2) is 8.78 Å². The van der Waals surface area contributed by atoms with E-state index < -0.39 is 11.6 Å². The number of hydrogen-bond acceptors (Lipinski definition) is 2. The van der Waals surface area contributed by atoms with Crippen molar-refractivity contribution in [3.63, 3.8) is 0 Å². The van der Waals surface area contributed by atoms with Crippen molar-refractivity contribution >= 4 is 41.7 Å². The Morgan fingerprint density at radius 1 is 1.36 bits per heavy atom. The maximum Gasteiger partial charge on any atom is 0.191 e. The number of nitrogens with zero attached hydrogens (tertiary/aromatic N) is 1. The Bertz CT molecular complexity index is 472. The zero-order valence-electron chi connectivity index (χ0n) is 13.2. The van der Waals surface area contributed by atoms with Gasteiger partial charge < -0.3 is 10.6 Å². The molecule has 1 aromatic carbocycles. The summed E-state index contributed by atoms with van der Waals surface area (Å²) in [4.78, 5) is 4.45. The Labute approximate surface area is 152 Å². The number of guanidine groups is 1. The van der Waals surface area contributed by atoms with Gasteiger partial charge in [-0.3, -0.25) is 4.99 Å². The molecule has 0 aliphatic rings. The van der Waals surface area contributed by atoms with Gasteiger partial charge in [0.05, 0.1) is 6.04 Å². The fourth-order valence-electron chi connectivity index (χ4n) is 1.86. The van der Waals surface area contributed by atoms with E-state index in [0.717, 1.165) is 31.3 Å². The summed E-state index contributed by atoms with van der Waals surface area (Å²) in [5, 5.41) is 6.27. The van der Waals surface area contributed by atoms with E-state index in [1.807, 2.05) is 13.8 Å². The van der Waals surface area contributed by atoms with Gasteiger partial charge in [0.15, 0.2) is 5.96 Å². The monoisotopic (exact) mass is 443 g/mol. The predicted molar refractivity (Wildman–Crippen MR) is 102 cm³/mol. The van der Waals surface area contributed by atoms with E-state index in [9.17, 15) is 8.78 Å². The van der Waals surface area contributed by atoms with Gasteiger partial charge in [0.1, 0.15) is 11.6 Å². The molecule has 0 radical (unpaired) electrons. The van der Waals surface area contributed by atoms with Crippen molar-refractivity contribution in [2.45, 2.75) is 26.3 Å². The zero-order valence-corrected chi connectivity index (χ0v) is 16.3. The SMILES string of the molecule is CCNC(=NCCCSC)NC(C)c1ccc(F)cc1F.I. The van der Waals surface area contributed by atoms with Crippen LogP contribution in [0.25, 0.3) is 0 Å². The first-order chi connectivity index (χ1) is 10.1. The van der Waals surface area contributed by atoms with Crippen molar-refractivity contribution in [2.24, 2.45) is 4.99 Å². The molecule has 0 spiro atoms. The molecule has 2 N–H and O–H groups in total. The molecule has 0 fully saturated rings. The van der Waals surface area contributed by atoms with Crippen molar-refractivity contribution in [3.8, 4) is 0 Å². The number of thioether (sulfide) groups is 1. The molecule has 0 aliphatic carbocycles. The quantitative estimate of drug-likeness (QED) is 0.290. The fourth-order valence-corrected chi connectivity index (χ4v) is 2.27. The second-order valence-electron chi connectivity index (χ2n) is 4.64. The maximum absolute atomic E-state index is 13.7. The summed E-state index contributed by atoms with van der Waals surface area (Å²) in [6.45, 7) is 5.25. The average Bonchev–Trinajstić information content (AvgIpc) is 2.43. The number of nitrogens with one attached hydrogen (secondary N) is 2. The first-order valence-electron chi connectivity index (χ1n) is 7.07. The summed E-state index contributed by atoms with van der Waals surface area (Å²) in [6.07, 6.45) is 3.06. The topological polar surface area (TPSA) is 36.4 Å². The molecule has 7 heteroatoms. The lowest BCUT2D eigenvalue weighted by Gasteiger charge is -2.18. The minimum Gasteiger partial charge on any atom is -0.357 e. The van der Waals surface area contributed by atoms with Gasteiger partial charge in [-0.2, -0.15) is 11.8 Å². The molecule has 0 aliphatic heterocycles. The number of halogens is 3. The van der Waals surface area contributed by atoms with Gasteiger partial charge in [-0.15, -0.1) is 24.0 Å². The van der Waals surface area contributed by atoms with E-state index >= 15 is 0 Å². The molecule has 1 aromatic rings. The molecular formula is C15H24F2IN3S. The van der Waals surface area contributed by atoms with E-state index in [4.69, 9.17) is 0 Å². The van der Waals surface area contributed by atoms with Gasteiger partial charge in [0.25, 0.3) is 0 Å². The van der Waals surface area contributed by atoms with Crippen LogP contribution in [0, 0.1) is 11.6 Å². The Hall–Kier alpha value is -0.570. The molecule has 0 amide bonds. The lowest BCUT2D eigenvalue weighted by molar-refractivity contribution is 0.551. The Morgan fingerprint density at radius 2 is 2.09 bits per heavy atom. The molecule has 1 unspecified atom stereocenters. The van der Waals surface area contributed by atoms with E-state index in [1.165, 1.54) is 12.1 Å². The van der Waals surface area contributed by atoms with Gasteiger partial charge in [0.2, 0.25) is 0 Å². The molecule has 1 rings (SSSR count). The molecule has 1 atom stereocenters. The molecule has 22 heavy (non-hydrogen) atoms. The van der Waals surface area contributed by atoms with E-state index in [1.54, 1.807) is 11.8 Å². The van der Waals surface area contributed by atoms with Gasteiger partial charge in [-0.1, -0.05) is 6.07 Å². The highest BCUT2D eigenvalue weighted by molar-refractivity contribution is 14.0. The Balaban J connectivity index is 0.00000441. The van der Waals surface area contributed by atoms with Crippen molar-refractivity contribution in [3.05, 3.63) is 35.4 Å². The molecule has 0 saturated heterocycles. The summed E-state index contributed by atoms with van der Waals surface area (Å²) >= 11 is 1.79. The molecular weight excluding hydrogens is 419 g/mol. The smallest absolute Gasteiger partial charge is 0.191 e. The van der Waals surface area contributed by atoms with Gasteiger partial charge in [0, 0.05) is 24.7 Å². The normalized spacial score (nSPS) is 12.5. The number of rotatable bonds is 7. The van der Waals surface area contributed by atoms with Crippen LogP contribution < -0.4 is 10.6 Å². The standard InChI is InChI=1S/C15H23F2N3S.HI/c1-4-18-15(19-8-5-9-21-3)20-11(2)13-7-6-12(16)10-14(13)17;/h6-7,10-11H,4-5,8-9H2,1-3H3,(H2,18,19,20);1H. The van der Waals surface area contributed by atoms with Crippen molar-refractivity contribution in [1.82, 2.24) is 10.6 Å². The van der Waals surface area contributed by atoms with E-state index in [0.29, 0.717) is 11.5 Å². The molecule has 3 nitrogen and oxygen atoms in total. The van der Waals surface area contributed by atoms with Crippen LogP contribution in [-0.4, -0.2) is 31.1 Å². The highest BCUT2D eigenvalue weighted by Gasteiger charge is 2.13. The van der Waals surface area contributed by atoms with Crippen LogP contribution in [-0.2, 0) is 0 Å². The Kier molecular flexibility index (Phi) is 11.6. The summed E-state index contributed by atoms with van der Waals surface area (Å²) in [5.74, 6) is 0.592. The minimum atomic E-state index is -0.568.